The highest BCUT2D eigenvalue weighted by Crippen LogP contribution is 2.17. The van der Waals surface area contributed by atoms with E-state index < -0.39 is 0 Å². The Hall–Kier alpha value is -2.19. The van der Waals surface area contributed by atoms with Gasteiger partial charge in [-0.05, 0) is 11.5 Å². The van der Waals surface area contributed by atoms with Crippen LogP contribution < -0.4 is 4.57 Å². The number of hydrogen-bond acceptors (Lipinski definition) is 1. The van der Waals surface area contributed by atoms with E-state index in [1.165, 1.54) is 0 Å². The van der Waals surface area contributed by atoms with E-state index in [4.69, 9.17) is 11.6 Å². The fourth-order valence-electron chi connectivity index (χ4n) is 2.49. The molecule has 0 spiro atoms. The van der Waals surface area contributed by atoms with Gasteiger partial charge in [-0.1, -0.05) is 48.5 Å². The number of rotatable bonds is 4. The lowest BCUT2D eigenvalue weighted by Gasteiger charge is -2.05. The minimum atomic E-state index is 0.0854. The van der Waals surface area contributed by atoms with E-state index in [0.29, 0.717) is 12.4 Å². The topological polar surface area (TPSA) is 20.9 Å². The summed E-state index contributed by atoms with van der Waals surface area (Å²) in [7, 11) is 0. The highest BCUT2D eigenvalue weighted by atomic mass is 35.5. The van der Waals surface area contributed by atoms with Crippen molar-refractivity contribution in [1.29, 1.82) is 0 Å². The molecule has 1 heterocycles. The normalized spacial score (nSPS) is 10.7. The maximum absolute atomic E-state index is 12.4. The lowest BCUT2D eigenvalue weighted by atomic mass is 10.1. The summed E-state index contributed by atoms with van der Waals surface area (Å²) in [6.45, 7) is 0.302. The third kappa shape index (κ3) is 2.81. The molecule has 1 aromatic heterocycles. The number of nitrogens with zero attached hydrogens (tertiary/aromatic N) is 1. The third-order valence-electron chi connectivity index (χ3n) is 3.59. The molecule has 0 N–H and O–H groups in total. The zero-order chi connectivity index (χ0) is 14.7. The Morgan fingerprint density at radius 3 is 2.43 bits per heavy atom. The van der Waals surface area contributed by atoms with Gasteiger partial charge in [0, 0.05) is 11.6 Å². The quantitative estimate of drug-likeness (QED) is 0.408. The van der Waals surface area contributed by atoms with E-state index in [-0.39, 0.29) is 5.78 Å². The number of halogens is 1. The van der Waals surface area contributed by atoms with Crippen molar-refractivity contribution in [2.24, 2.45) is 0 Å². The molecule has 3 heteroatoms. The molecule has 0 fully saturated rings. The fourth-order valence-corrected chi connectivity index (χ4v) is 2.78. The molecular formula is C18H15ClNO+. The van der Waals surface area contributed by atoms with E-state index in [2.05, 4.69) is 6.07 Å². The predicted octanol–water partition coefficient (Wildman–Crippen LogP) is 3.75. The molecule has 104 valence electrons. The zero-order valence-electron chi connectivity index (χ0n) is 11.5. The molecule has 0 saturated carbocycles. The van der Waals surface area contributed by atoms with Crippen molar-refractivity contribution in [2.75, 3.05) is 0 Å². The maximum atomic E-state index is 12.4. The molecule has 3 rings (SSSR count). The molecule has 0 aliphatic heterocycles. The van der Waals surface area contributed by atoms with Crippen molar-refractivity contribution in [3.8, 4) is 0 Å². The molecule has 2 aromatic carbocycles. The highest BCUT2D eigenvalue weighted by molar-refractivity contribution is 6.17. The largest absolute Gasteiger partial charge is 0.287 e. The number of hydrogen-bond donors (Lipinski definition) is 0. The molecule has 0 amide bonds. The first-order chi connectivity index (χ1) is 10.3. The lowest BCUT2D eigenvalue weighted by molar-refractivity contribution is -0.688. The van der Waals surface area contributed by atoms with Gasteiger partial charge in [0.25, 0.3) is 0 Å². The van der Waals surface area contributed by atoms with Gasteiger partial charge in [-0.3, -0.25) is 4.79 Å². The number of benzene rings is 2. The monoisotopic (exact) mass is 296 g/mol. The molecule has 0 atom stereocenters. The van der Waals surface area contributed by atoms with E-state index >= 15 is 0 Å². The van der Waals surface area contributed by atoms with E-state index in [1.807, 2.05) is 65.4 Å². The molecule has 0 aliphatic carbocycles. The number of alkyl halides is 1. The van der Waals surface area contributed by atoms with E-state index in [1.54, 1.807) is 0 Å². The van der Waals surface area contributed by atoms with E-state index in [9.17, 15) is 4.79 Å². The molecule has 0 unspecified atom stereocenters. The second-order valence-electron chi connectivity index (χ2n) is 4.90. The second-order valence-corrected chi connectivity index (χ2v) is 5.17. The maximum Gasteiger partial charge on any atom is 0.227 e. The van der Waals surface area contributed by atoms with Crippen LogP contribution in [0.25, 0.3) is 10.8 Å². The Morgan fingerprint density at radius 2 is 1.67 bits per heavy atom. The number of pyridine rings is 1. The predicted molar refractivity (Wildman–Crippen MR) is 84.5 cm³/mol. The van der Waals surface area contributed by atoms with Gasteiger partial charge in [0.15, 0.2) is 6.20 Å². The van der Waals surface area contributed by atoms with Gasteiger partial charge >= 0.3 is 0 Å². The van der Waals surface area contributed by atoms with Crippen LogP contribution in [0.1, 0.15) is 16.1 Å². The Bertz CT molecular complexity index is 784. The molecule has 0 aliphatic rings. The summed E-state index contributed by atoms with van der Waals surface area (Å²) in [6, 6.07) is 19.4. The van der Waals surface area contributed by atoms with Crippen molar-refractivity contribution in [1.82, 2.24) is 0 Å². The number of fused-ring (bicyclic) bond motifs is 1. The lowest BCUT2D eigenvalue weighted by Crippen LogP contribution is -2.41. The van der Waals surface area contributed by atoms with Crippen LogP contribution in [0.3, 0.4) is 0 Å². The number of ketones is 1. The number of carbonyl (C=O) groups excluding carboxylic acids is 1. The summed E-state index contributed by atoms with van der Waals surface area (Å²) in [6.07, 6.45) is 1.93. The first-order valence-corrected chi connectivity index (χ1v) is 7.37. The van der Waals surface area contributed by atoms with Crippen LogP contribution in [0, 0.1) is 0 Å². The van der Waals surface area contributed by atoms with Crippen molar-refractivity contribution in [3.05, 3.63) is 78.1 Å². The fraction of sp³-hybridized carbons (Fsp3) is 0.111. The van der Waals surface area contributed by atoms with E-state index in [0.717, 1.165) is 22.0 Å². The molecule has 0 bridgehead atoms. The van der Waals surface area contributed by atoms with Gasteiger partial charge in [-0.15, -0.1) is 11.6 Å². The average molecular weight is 297 g/mol. The number of Topliss-reactive ketones (excluding diaryl/α,β-unsaturated/α-hetero) is 1. The summed E-state index contributed by atoms with van der Waals surface area (Å²) in [5.74, 6) is 0.464. The van der Waals surface area contributed by atoms with Crippen LogP contribution in [0.4, 0.5) is 0 Å². The Labute approximate surface area is 128 Å². The van der Waals surface area contributed by atoms with Crippen molar-refractivity contribution in [2.45, 2.75) is 12.4 Å². The van der Waals surface area contributed by atoms with Crippen LogP contribution in [-0.2, 0) is 12.4 Å². The molecule has 3 aromatic rings. The minimum absolute atomic E-state index is 0.0854. The molecule has 2 nitrogen and oxygen atoms in total. The minimum Gasteiger partial charge on any atom is -0.287 e. The van der Waals surface area contributed by atoms with Crippen molar-refractivity contribution in [3.63, 3.8) is 0 Å². The van der Waals surface area contributed by atoms with Crippen molar-refractivity contribution < 1.29 is 9.36 Å². The third-order valence-corrected chi connectivity index (χ3v) is 3.84. The van der Waals surface area contributed by atoms with Gasteiger partial charge in [-0.2, -0.15) is 4.57 Å². The van der Waals surface area contributed by atoms with Crippen LogP contribution in [0.5, 0.6) is 0 Å². The van der Waals surface area contributed by atoms with Gasteiger partial charge in [0.05, 0.1) is 5.39 Å². The average Bonchev–Trinajstić information content (AvgIpc) is 2.55. The summed E-state index contributed by atoms with van der Waals surface area (Å²) in [4.78, 5) is 12.4. The van der Waals surface area contributed by atoms with Crippen molar-refractivity contribution >= 4 is 28.2 Å². The molecule has 0 saturated heterocycles. The van der Waals surface area contributed by atoms with Crippen LogP contribution in [-0.4, -0.2) is 5.78 Å². The summed E-state index contributed by atoms with van der Waals surface area (Å²) >= 11 is 6.11. The SMILES string of the molecule is O=C(C[n+]1ccc2ccccc2c1CCl)c1ccccc1. The number of carbonyl (C=O) groups is 1. The second kappa shape index (κ2) is 6.06. The molecular weight excluding hydrogens is 282 g/mol. The Kier molecular flexibility index (Phi) is 3.98. The summed E-state index contributed by atoms with van der Waals surface area (Å²) < 4.78 is 1.94. The number of aromatic nitrogens is 1. The van der Waals surface area contributed by atoms with Crippen LogP contribution in [0.15, 0.2) is 66.9 Å². The first-order valence-electron chi connectivity index (χ1n) is 6.84. The standard InChI is InChI=1S/C18H15ClNO/c19-12-17-16-9-5-4-6-14(16)10-11-20(17)13-18(21)15-7-2-1-3-8-15/h1-11H,12-13H2/q+1. The Morgan fingerprint density at radius 1 is 0.952 bits per heavy atom. The smallest absolute Gasteiger partial charge is 0.227 e. The zero-order valence-corrected chi connectivity index (χ0v) is 12.3. The van der Waals surface area contributed by atoms with Gasteiger partial charge in [0.1, 0.15) is 5.88 Å². The van der Waals surface area contributed by atoms with Crippen LogP contribution in [0.2, 0.25) is 0 Å². The summed E-state index contributed by atoms with van der Waals surface area (Å²) in [5, 5.41) is 2.23. The van der Waals surface area contributed by atoms with Gasteiger partial charge in [0.2, 0.25) is 18.0 Å². The van der Waals surface area contributed by atoms with Gasteiger partial charge in [-0.25, -0.2) is 0 Å². The Balaban J connectivity index is 1.99. The first kappa shape index (κ1) is 13.8. The molecule has 0 radical (unpaired) electrons. The van der Waals surface area contributed by atoms with Gasteiger partial charge < -0.3 is 0 Å². The summed E-state index contributed by atoms with van der Waals surface area (Å²) in [5.41, 5.74) is 1.69. The highest BCUT2D eigenvalue weighted by Gasteiger charge is 2.18. The van der Waals surface area contributed by atoms with Crippen LogP contribution >= 0.6 is 11.6 Å². The molecule has 21 heavy (non-hydrogen) atoms.